The van der Waals surface area contributed by atoms with Crippen molar-refractivity contribution in [1.82, 2.24) is 10.6 Å². The number of hydrogen-bond donors (Lipinski definition) is 4. The standard InChI is InChI=1S/C23H24N2O6/c26-19(21(28)29)12-24-20(27)11-23(9-10-23)25-22(30)31-13-18-16-7-3-1-5-14(16)15-6-2-4-8-17(15)18/h1-8,18-19,26H,9-13H2,(H,24,27)(H,25,30)(H,28,29)/t19-/m0/s1. The summed E-state index contributed by atoms with van der Waals surface area (Å²) in [5, 5.41) is 23.0. The quantitative estimate of drug-likeness (QED) is 0.514. The summed E-state index contributed by atoms with van der Waals surface area (Å²) >= 11 is 0. The Labute approximate surface area is 179 Å². The topological polar surface area (TPSA) is 125 Å². The van der Waals surface area contributed by atoms with Crippen molar-refractivity contribution < 1.29 is 29.3 Å². The van der Waals surface area contributed by atoms with Gasteiger partial charge in [0, 0.05) is 12.3 Å². The number of carbonyl (C=O) groups excluding carboxylic acids is 2. The van der Waals surface area contributed by atoms with Gasteiger partial charge in [-0.1, -0.05) is 48.5 Å². The lowest BCUT2D eigenvalue weighted by molar-refractivity contribution is -0.146. The van der Waals surface area contributed by atoms with Gasteiger partial charge < -0.3 is 25.6 Å². The van der Waals surface area contributed by atoms with E-state index in [4.69, 9.17) is 9.84 Å². The maximum Gasteiger partial charge on any atom is 0.407 e. The molecule has 8 heteroatoms. The van der Waals surface area contributed by atoms with Gasteiger partial charge in [0.05, 0.1) is 12.1 Å². The minimum Gasteiger partial charge on any atom is -0.479 e. The van der Waals surface area contributed by atoms with Crippen LogP contribution in [0.3, 0.4) is 0 Å². The molecule has 4 rings (SSSR count). The highest BCUT2D eigenvalue weighted by Crippen LogP contribution is 2.44. The number of carboxylic acids is 1. The molecule has 2 aromatic carbocycles. The maximum absolute atomic E-state index is 12.4. The van der Waals surface area contributed by atoms with Crippen molar-refractivity contribution in [3.8, 4) is 11.1 Å². The molecule has 1 saturated carbocycles. The number of hydrogen-bond acceptors (Lipinski definition) is 5. The average Bonchev–Trinajstić information content (AvgIpc) is 3.42. The summed E-state index contributed by atoms with van der Waals surface area (Å²) in [6.45, 7) is -0.192. The van der Waals surface area contributed by atoms with Crippen LogP contribution in [0.4, 0.5) is 4.79 Å². The molecule has 0 heterocycles. The van der Waals surface area contributed by atoms with Crippen LogP contribution in [-0.4, -0.2) is 53.0 Å². The number of amides is 2. The number of aliphatic carboxylic acids is 1. The first-order valence-corrected chi connectivity index (χ1v) is 10.2. The Morgan fingerprint density at radius 3 is 2.16 bits per heavy atom. The fraction of sp³-hybridized carbons (Fsp3) is 0.348. The van der Waals surface area contributed by atoms with E-state index in [1.807, 2.05) is 36.4 Å². The Bertz CT molecular complexity index is 971. The van der Waals surface area contributed by atoms with E-state index in [0.717, 1.165) is 22.3 Å². The molecule has 0 bridgehead atoms. The molecule has 0 radical (unpaired) electrons. The second-order valence-electron chi connectivity index (χ2n) is 8.07. The zero-order valence-corrected chi connectivity index (χ0v) is 16.8. The van der Waals surface area contributed by atoms with E-state index in [2.05, 4.69) is 22.8 Å². The van der Waals surface area contributed by atoms with Gasteiger partial charge in [0.25, 0.3) is 0 Å². The monoisotopic (exact) mass is 424 g/mol. The average molecular weight is 424 g/mol. The third kappa shape index (κ3) is 4.54. The number of ether oxygens (including phenoxy) is 1. The predicted molar refractivity (Wildman–Crippen MR) is 111 cm³/mol. The van der Waals surface area contributed by atoms with Gasteiger partial charge in [-0.05, 0) is 35.1 Å². The molecule has 0 saturated heterocycles. The van der Waals surface area contributed by atoms with Crippen molar-refractivity contribution in [2.75, 3.05) is 13.2 Å². The van der Waals surface area contributed by atoms with Gasteiger partial charge in [0.15, 0.2) is 6.10 Å². The van der Waals surface area contributed by atoms with Gasteiger partial charge >= 0.3 is 12.1 Å². The first-order chi connectivity index (χ1) is 14.9. The largest absolute Gasteiger partial charge is 0.479 e. The molecule has 0 aliphatic heterocycles. The summed E-state index contributed by atoms with van der Waals surface area (Å²) in [5.74, 6) is -1.89. The SMILES string of the molecule is O=C(CC1(NC(=O)OCC2c3ccccc3-c3ccccc32)CC1)NC[C@H](O)C(=O)O. The summed E-state index contributed by atoms with van der Waals surface area (Å²) in [6, 6.07) is 16.1. The molecule has 2 aliphatic carbocycles. The van der Waals surface area contributed by atoms with Crippen LogP contribution in [-0.2, 0) is 14.3 Å². The van der Waals surface area contributed by atoms with Crippen molar-refractivity contribution in [3.05, 3.63) is 59.7 Å². The van der Waals surface area contributed by atoms with Crippen LogP contribution >= 0.6 is 0 Å². The summed E-state index contributed by atoms with van der Waals surface area (Å²) in [6.07, 6.45) is -0.978. The van der Waals surface area contributed by atoms with E-state index >= 15 is 0 Å². The molecule has 1 fully saturated rings. The third-order valence-electron chi connectivity index (χ3n) is 5.84. The third-order valence-corrected chi connectivity index (χ3v) is 5.84. The molecule has 162 valence electrons. The highest BCUT2D eigenvalue weighted by molar-refractivity contribution is 5.81. The lowest BCUT2D eigenvalue weighted by Crippen LogP contribution is -2.43. The van der Waals surface area contributed by atoms with Crippen molar-refractivity contribution in [2.45, 2.75) is 36.8 Å². The number of aliphatic hydroxyl groups is 1. The second kappa shape index (κ2) is 8.39. The maximum atomic E-state index is 12.4. The number of nitrogens with one attached hydrogen (secondary N) is 2. The highest BCUT2D eigenvalue weighted by atomic mass is 16.5. The van der Waals surface area contributed by atoms with Crippen molar-refractivity contribution in [2.24, 2.45) is 0 Å². The fourth-order valence-corrected chi connectivity index (χ4v) is 4.02. The number of carbonyl (C=O) groups is 3. The van der Waals surface area contributed by atoms with Gasteiger partial charge in [0.1, 0.15) is 6.61 Å². The van der Waals surface area contributed by atoms with Crippen LogP contribution in [0.15, 0.2) is 48.5 Å². The van der Waals surface area contributed by atoms with E-state index in [1.165, 1.54) is 0 Å². The summed E-state index contributed by atoms with van der Waals surface area (Å²) < 4.78 is 5.53. The Morgan fingerprint density at radius 1 is 1.03 bits per heavy atom. The van der Waals surface area contributed by atoms with Crippen molar-refractivity contribution >= 4 is 18.0 Å². The lowest BCUT2D eigenvalue weighted by Gasteiger charge is -2.19. The van der Waals surface area contributed by atoms with Gasteiger partial charge in [-0.15, -0.1) is 0 Å². The van der Waals surface area contributed by atoms with E-state index in [9.17, 15) is 19.5 Å². The molecule has 2 amide bonds. The molecule has 8 nitrogen and oxygen atoms in total. The molecular weight excluding hydrogens is 400 g/mol. The number of aliphatic hydroxyl groups excluding tert-OH is 1. The highest BCUT2D eigenvalue weighted by Gasteiger charge is 2.46. The van der Waals surface area contributed by atoms with E-state index in [-0.39, 0.29) is 25.5 Å². The van der Waals surface area contributed by atoms with E-state index < -0.39 is 29.6 Å². The molecular formula is C23H24N2O6. The Balaban J connectivity index is 1.32. The number of benzene rings is 2. The Hall–Kier alpha value is -3.39. The van der Waals surface area contributed by atoms with Crippen LogP contribution in [0, 0.1) is 0 Å². The minimum absolute atomic E-state index is 0.00351. The lowest BCUT2D eigenvalue weighted by atomic mass is 9.98. The van der Waals surface area contributed by atoms with Crippen LogP contribution < -0.4 is 10.6 Å². The van der Waals surface area contributed by atoms with Crippen LogP contribution in [0.1, 0.15) is 36.3 Å². The minimum atomic E-state index is -1.66. The molecule has 0 unspecified atom stereocenters. The molecule has 0 spiro atoms. The van der Waals surface area contributed by atoms with Gasteiger partial charge in [-0.25, -0.2) is 9.59 Å². The number of carboxylic acid groups (broad SMARTS) is 1. The van der Waals surface area contributed by atoms with Gasteiger partial charge in [-0.2, -0.15) is 0 Å². The molecule has 2 aromatic rings. The number of rotatable bonds is 8. The summed E-state index contributed by atoms with van der Waals surface area (Å²) in [7, 11) is 0. The van der Waals surface area contributed by atoms with Gasteiger partial charge in [-0.3, -0.25) is 4.79 Å². The molecule has 1 atom stereocenters. The smallest absolute Gasteiger partial charge is 0.407 e. The van der Waals surface area contributed by atoms with Crippen molar-refractivity contribution in [1.29, 1.82) is 0 Å². The van der Waals surface area contributed by atoms with Crippen LogP contribution in [0.25, 0.3) is 11.1 Å². The zero-order valence-electron chi connectivity index (χ0n) is 16.8. The number of fused-ring (bicyclic) bond motifs is 3. The molecule has 2 aliphatic rings. The van der Waals surface area contributed by atoms with Gasteiger partial charge in [0.2, 0.25) is 5.91 Å². The molecule has 4 N–H and O–H groups in total. The predicted octanol–water partition coefficient (Wildman–Crippen LogP) is 2.01. The van der Waals surface area contributed by atoms with E-state index in [1.54, 1.807) is 0 Å². The van der Waals surface area contributed by atoms with Crippen molar-refractivity contribution in [3.63, 3.8) is 0 Å². The Morgan fingerprint density at radius 2 is 1.61 bits per heavy atom. The summed E-state index contributed by atoms with van der Waals surface area (Å²) in [4.78, 5) is 35.1. The fourth-order valence-electron chi connectivity index (χ4n) is 4.02. The van der Waals surface area contributed by atoms with Crippen LogP contribution in [0.2, 0.25) is 0 Å². The second-order valence-corrected chi connectivity index (χ2v) is 8.07. The Kier molecular flexibility index (Phi) is 5.65. The van der Waals surface area contributed by atoms with E-state index in [0.29, 0.717) is 12.8 Å². The number of alkyl carbamates (subject to hydrolysis) is 1. The zero-order chi connectivity index (χ0) is 22.0. The first kappa shape index (κ1) is 20.9. The first-order valence-electron chi connectivity index (χ1n) is 10.2. The summed E-state index contributed by atoms with van der Waals surface area (Å²) in [5.41, 5.74) is 3.85. The van der Waals surface area contributed by atoms with Crippen LogP contribution in [0.5, 0.6) is 0 Å². The normalized spacial score (nSPS) is 16.5. The molecule has 31 heavy (non-hydrogen) atoms. The molecule has 0 aromatic heterocycles.